The third kappa shape index (κ3) is 5.62. The minimum Gasteiger partial charge on any atom is -0.368 e. The van der Waals surface area contributed by atoms with E-state index in [4.69, 9.17) is 0 Å². The normalized spacial score (nSPS) is 21.0. The van der Waals surface area contributed by atoms with Crippen LogP contribution in [0.1, 0.15) is 50.7 Å². The highest BCUT2D eigenvalue weighted by Crippen LogP contribution is 2.41. The minimum atomic E-state index is -4.56. The summed E-state index contributed by atoms with van der Waals surface area (Å²) in [5.41, 5.74) is 1.52. The number of nitrogens with one attached hydrogen (secondary N) is 2. The van der Waals surface area contributed by atoms with Gasteiger partial charge in [0.2, 0.25) is 5.95 Å². The second-order valence-electron chi connectivity index (χ2n) is 12.4. The molecule has 3 fully saturated rings. The van der Waals surface area contributed by atoms with Crippen LogP contribution in [0.3, 0.4) is 0 Å². The number of halogens is 3. The predicted octanol–water partition coefficient (Wildman–Crippen LogP) is 4.52. The van der Waals surface area contributed by atoms with Crippen LogP contribution in [-0.2, 0) is 22.6 Å². The first kappa shape index (κ1) is 29.9. The molecule has 7 rings (SSSR count). The first-order chi connectivity index (χ1) is 21.4. The standard InChI is InChI=1S/C31H34F3N7O3S/c1-17-26(18(2)37-28(17)45(43,44)22-6-7-22)23-13-20-15-36-30(39-27(20)41(29(23)42)16-19-3-4-19)38-21-5-8-25(24(14-21)31(32,33)34)40-11-9-35-10-12-40/h5,8,13-15,19,22,28,35H,3-4,6-7,9-12,16H2,1-2H3,(H,36,38,39). The lowest BCUT2D eigenvalue weighted by atomic mass is 9.99. The molecule has 45 heavy (non-hydrogen) atoms. The van der Waals surface area contributed by atoms with Gasteiger partial charge in [-0.3, -0.25) is 14.4 Å². The Kier molecular flexibility index (Phi) is 7.27. The van der Waals surface area contributed by atoms with E-state index in [1.807, 2.05) is 0 Å². The Morgan fingerprint density at radius 2 is 1.80 bits per heavy atom. The van der Waals surface area contributed by atoms with E-state index in [1.54, 1.807) is 35.4 Å². The number of alkyl halides is 3. The molecule has 2 saturated carbocycles. The van der Waals surface area contributed by atoms with Gasteiger partial charge in [0.25, 0.3) is 5.56 Å². The summed E-state index contributed by atoms with van der Waals surface area (Å²) in [4.78, 5) is 29.2. The molecule has 0 amide bonds. The van der Waals surface area contributed by atoms with Crippen molar-refractivity contribution >= 4 is 49.5 Å². The average molecular weight is 642 g/mol. The summed E-state index contributed by atoms with van der Waals surface area (Å²) in [6.45, 7) is 6.03. The maximum Gasteiger partial charge on any atom is 0.418 e. The Hall–Kier alpha value is -3.78. The number of hydrogen-bond acceptors (Lipinski definition) is 9. The van der Waals surface area contributed by atoms with Crippen LogP contribution in [0.5, 0.6) is 0 Å². The summed E-state index contributed by atoms with van der Waals surface area (Å²) in [6.07, 6.45) is 0.175. The summed E-state index contributed by atoms with van der Waals surface area (Å²) in [6, 6.07) is 5.77. The molecule has 1 saturated heterocycles. The van der Waals surface area contributed by atoms with Crippen LogP contribution in [0, 0.1) is 5.92 Å². The molecule has 2 aliphatic heterocycles. The molecule has 1 aromatic carbocycles. The zero-order chi connectivity index (χ0) is 31.7. The third-order valence-electron chi connectivity index (χ3n) is 8.99. The van der Waals surface area contributed by atoms with Crippen molar-refractivity contribution in [2.45, 2.75) is 62.9 Å². The number of allylic oxidation sites excluding steroid dienone is 1. The number of benzene rings is 1. The van der Waals surface area contributed by atoms with Crippen LogP contribution in [0.15, 0.2) is 45.8 Å². The van der Waals surface area contributed by atoms with Gasteiger partial charge in [-0.1, -0.05) is 0 Å². The van der Waals surface area contributed by atoms with Crippen molar-refractivity contribution < 1.29 is 21.6 Å². The van der Waals surface area contributed by atoms with Crippen LogP contribution >= 0.6 is 0 Å². The first-order valence-electron chi connectivity index (χ1n) is 15.2. The van der Waals surface area contributed by atoms with Gasteiger partial charge in [0.05, 0.1) is 10.8 Å². The zero-order valence-corrected chi connectivity index (χ0v) is 25.8. The number of pyridine rings is 1. The number of nitrogens with zero attached hydrogens (tertiary/aromatic N) is 5. The highest BCUT2D eigenvalue weighted by molar-refractivity contribution is 7.93. The Morgan fingerprint density at radius 3 is 2.47 bits per heavy atom. The molecular formula is C31H34F3N7O3S. The van der Waals surface area contributed by atoms with Gasteiger partial charge < -0.3 is 15.5 Å². The smallest absolute Gasteiger partial charge is 0.368 e. The number of aliphatic imine (C=N–C) groups is 1. The lowest BCUT2D eigenvalue weighted by Crippen LogP contribution is -2.44. The van der Waals surface area contributed by atoms with E-state index in [1.165, 1.54) is 12.3 Å². The monoisotopic (exact) mass is 641 g/mol. The molecule has 1 unspecified atom stereocenters. The highest BCUT2D eigenvalue weighted by Gasteiger charge is 2.45. The van der Waals surface area contributed by atoms with Gasteiger partial charge in [0.15, 0.2) is 15.2 Å². The van der Waals surface area contributed by atoms with E-state index in [2.05, 4.69) is 25.6 Å². The van der Waals surface area contributed by atoms with E-state index < -0.39 is 27.0 Å². The molecule has 0 radical (unpaired) electrons. The molecule has 4 heterocycles. The molecule has 2 N–H and O–H groups in total. The second kappa shape index (κ2) is 10.9. The van der Waals surface area contributed by atoms with Crippen LogP contribution in [0.25, 0.3) is 16.6 Å². The number of rotatable bonds is 8. The quantitative estimate of drug-likeness (QED) is 0.368. The van der Waals surface area contributed by atoms with E-state index >= 15 is 0 Å². The fourth-order valence-electron chi connectivity index (χ4n) is 6.33. The van der Waals surface area contributed by atoms with Crippen molar-refractivity contribution in [3.05, 3.63) is 57.5 Å². The molecular weight excluding hydrogens is 607 g/mol. The van der Waals surface area contributed by atoms with Crippen molar-refractivity contribution in [3.63, 3.8) is 0 Å². The lowest BCUT2D eigenvalue weighted by Gasteiger charge is -2.31. The molecule has 4 aliphatic rings. The molecule has 0 bridgehead atoms. The lowest BCUT2D eigenvalue weighted by molar-refractivity contribution is -0.137. The van der Waals surface area contributed by atoms with Gasteiger partial charge in [-0.25, -0.2) is 13.4 Å². The van der Waals surface area contributed by atoms with Crippen molar-refractivity contribution in [2.24, 2.45) is 10.9 Å². The number of sulfone groups is 1. The summed E-state index contributed by atoms with van der Waals surface area (Å²) >= 11 is 0. The fourth-order valence-corrected chi connectivity index (χ4v) is 8.40. The van der Waals surface area contributed by atoms with Crippen LogP contribution in [0.2, 0.25) is 0 Å². The maximum atomic E-state index is 14.1. The van der Waals surface area contributed by atoms with Crippen molar-refractivity contribution in [1.29, 1.82) is 0 Å². The summed E-state index contributed by atoms with van der Waals surface area (Å²) in [7, 11) is -3.48. The number of aromatic nitrogens is 3. The van der Waals surface area contributed by atoms with Crippen molar-refractivity contribution in [3.8, 4) is 0 Å². The minimum absolute atomic E-state index is 0.0619. The van der Waals surface area contributed by atoms with E-state index in [0.717, 1.165) is 18.9 Å². The number of fused-ring (bicyclic) bond motifs is 1. The number of anilines is 3. The number of piperazine rings is 1. The Balaban J connectivity index is 1.27. The molecule has 2 aromatic heterocycles. The van der Waals surface area contributed by atoms with Crippen LogP contribution in [0.4, 0.5) is 30.5 Å². The Morgan fingerprint density at radius 1 is 1.07 bits per heavy atom. The van der Waals surface area contributed by atoms with E-state index in [0.29, 0.717) is 84.9 Å². The van der Waals surface area contributed by atoms with Gasteiger partial charge in [-0.15, -0.1) is 0 Å². The number of hydrogen-bond donors (Lipinski definition) is 2. The maximum absolute atomic E-state index is 14.1. The fraction of sp³-hybridized carbons (Fsp3) is 0.484. The second-order valence-corrected chi connectivity index (χ2v) is 14.7. The molecule has 238 valence electrons. The molecule has 14 heteroatoms. The van der Waals surface area contributed by atoms with Crippen molar-refractivity contribution in [1.82, 2.24) is 19.9 Å². The van der Waals surface area contributed by atoms with E-state index in [9.17, 15) is 26.4 Å². The summed E-state index contributed by atoms with van der Waals surface area (Å²) in [5, 5.41) is 5.25. The van der Waals surface area contributed by atoms with Gasteiger partial charge >= 0.3 is 6.18 Å². The summed E-state index contributed by atoms with van der Waals surface area (Å²) in [5.74, 6) is 0.364. The van der Waals surface area contributed by atoms with Gasteiger partial charge in [-0.2, -0.15) is 18.2 Å². The van der Waals surface area contributed by atoms with Gasteiger partial charge in [0.1, 0.15) is 5.65 Å². The van der Waals surface area contributed by atoms with Gasteiger partial charge in [0, 0.05) is 72.5 Å². The molecule has 1 atom stereocenters. The predicted molar refractivity (Wildman–Crippen MR) is 168 cm³/mol. The third-order valence-corrected chi connectivity index (χ3v) is 11.5. The van der Waals surface area contributed by atoms with Gasteiger partial charge in [-0.05, 0) is 75.3 Å². The molecule has 10 nitrogen and oxygen atoms in total. The van der Waals surface area contributed by atoms with E-state index in [-0.39, 0.29) is 28.1 Å². The average Bonchev–Trinajstić information content (AvgIpc) is 3.93. The highest BCUT2D eigenvalue weighted by atomic mass is 32.2. The molecule has 3 aromatic rings. The van der Waals surface area contributed by atoms with Crippen LogP contribution in [-0.4, -0.2) is 65.5 Å². The zero-order valence-electron chi connectivity index (χ0n) is 25.0. The van der Waals surface area contributed by atoms with Crippen LogP contribution < -0.4 is 21.1 Å². The summed E-state index contributed by atoms with van der Waals surface area (Å²) < 4.78 is 70.1. The molecule has 0 spiro atoms. The SMILES string of the molecule is CC1=NC(S(=O)(=O)C2CC2)C(C)=C1c1cc2cnc(Nc3ccc(N4CCNCC4)c(C(F)(F)F)c3)nc2n(CC2CC2)c1=O. The first-order valence-corrected chi connectivity index (χ1v) is 16.9. The molecule has 2 aliphatic carbocycles. The largest absolute Gasteiger partial charge is 0.418 e. The topological polar surface area (TPSA) is 122 Å². The Labute approximate surface area is 258 Å². The van der Waals surface area contributed by atoms with Crippen molar-refractivity contribution in [2.75, 3.05) is 36.4 Å². The Bertz CT molecular complexity index is 1920.